The van der Waals surface area contributed by atoms with E-state index in [9.17, 15) is 55.4 Å². The number of alkyl halides is 6. The van der Waals surface area contributed by atoms with Gasteiger partial charge < -0.3 is 20.7 Å². The summed E-state index contributed by atoms with van der Waals surface area (Å²) in [5.41, 5.74) is -2.80. The Kier molecular flexibility index (Phi) is 15.1. The van der Waals surface area contributed by atoms with E-state index in [1.165, 1.54) is 30.3 Å². The number of hydrogen-bond donors (Lipinski definition) is 6. The summed E-state index contributed by atoms with van der Waals surface area (Å²) in [4.78, 5) is 70.9. The van der Waals surface area contributed by atoms with Crippen LogP contribution in [0.1, 0.15) is 88.2 Å². The molecular weight excluding hydrogens is 1020 g/mol. The van der Waals surface area contributed by atoms with E-state index in [-0.39, 0.29) is 52.3 Å². The SMILES string of the molecule is CC(C)C[C@@H]1NC(=O)[C@@H](NC(=O)c2ccc(C#CI3OC(C(F)(F)F)(C(F)(F)F)c4ccccc43)cc2)CCCCNC(=O)c2ccc(cc2)C#Cc2[nH]c3ccccc3c2C[C@@H](C(=O)O)NC1=O. The summed E-state index contributed by atoms with van der Waals surface area (Å²) in [7, 11) is 0. The number of para-hydroxylation sites is 1. The molecule has 1 aromatic heterocycles. The number of carbonyl (C=O) groups is 5. The molecule has 6 N–H and O–H groups in total. The molecule has 8 rings (SSSR count). The van der Waals surface area contributed by atoms with E-state index in [4.69, 9.17) is 3.07 Å². The Morgan fingerprint density at radius 2 is 1.55 bits per heavy atom. The molecule has 4 amide bonds. The van der Waals surface area contributed by atoms with Gasteiger partial charge in [-0.05, 0) is 54.2 Å². The first-order valence-electron chi connectivity index (χ1n) is 21.6. The first kappa shape index (κ1) is 50.0. The second-order valence-corrected chi connectivity index (χ2v) is 20.3. The van der Waals surface area contributed by atoms with Gasteiger partial charge in [-0.1, -0.05) is 38.0 Å². The maximum atomic E-state index is 14.1. The predicted octanol–water partition coefficient (Wildman–Crippen LogP) is 7.87. The average Bonchev–Trinajstić information content (AvgIpc) is 3.85. The van der Waals surface area contributed by atoms with E-state index in [0.717, 1.165) is 18.2 Å². The zero-order valence-electron chi connectivity index (χ0n) is 36.8. The minimum atomic E-state index is -5.82. The minimum absolute atomic E-state index is 0.0151. The van der Waals surface area contributed by atoms with E-state index < -0.39 is 85.6 Å². The third-order valence-corrected chi connectivity index (χ3v) is 15.2. The Bertz CT molecular complexity index is 2880. The Balaban J connectivity index is 1.12. The summed E-state index contributed by atoms with van der Waals surface area (Å²) in [5, 5.41) is 21.9. The van der Waals surface area contributed by atoms with Gasteiger partial charge in [0.1, 0.15) is 6.04 Å². The number of amides is 4. The van der Waals surface area contributed by atoms with Crippen molar-refractivity contribution in [1.29, 1.82) is 0 Å². The summed E-state index contributed by atoms with van der Waals surface area (Å²) >= 11 is -3.88. The van der Waals surface area contributed by atoms with Gasteiger partial charge >= 0.3 is 216 Å². The van der Waals surface area contributed by atoms with Crippen LogP contribution in [0.2, 0.25) is 0 Å². The van der Waals surface area contributed by atoms with Crippen LogP contribution >= 0.6 is 20.2 Å². The van der Waals surface area contributed by atoms with Crippen molar-refractivity contribution in [3.05, 3.63) is 140 Å². The number of nitrogens with one attached hydrogen (secondary N) is 5. The van der Waals surface area contributed by atoms with Crippen LogP contribution in [0.15, 0.2) is 97.1 Å². The van der Waals surface area contributed by atoms with E-state index >= 15 is 0 Å². The number of carbonyl (C=O) groups excluding carboxylic acids is 4. The van der Waals surface area contributed by atoms with Crippen LogP contribution in [0.5, 0.6) is 0 Å². The molecule has 0 unspecified atom stereocenters. The standard InChI is InChI=1S/C50H44F6IN5O7/c1-29(2)27-41-46(66)62-42(47(67)68)28-35-34-9-3-6-12-38(34)59-39(35)23-18-30-14-19-32(20-15-30)43(63)58-26-8-7-13-40(45(65)61-41)60-44(64)33-21-16-31(17-22-33)24-25-57-37-11-5-4-10-36(37)48(69-57,49(51,52)53)50(54,55)56/h3-6,9-12,14-17,19-22,29,40-42,59H,7-8,13,26-28H2,1-2H3,(H,58,63)(H,60,64)(H,61,65)(H,62,66)(H,67,68)/t40-,41-,42-/m0/s1. The molecule has 0 radical (unpaired) electrons. The molecule has 3 atom stereocenters. The van der Waals surface area contributed by atoms with Crippen LogP contribution in [0, 0.1) is 31.2 Å². The van der Waals surface area contributed by atoms with Gasteiger partial charge in [0.05, 0.1) is 5.69 Å². The quantitative estimate of drug-likeness (QED) is 0.0589. The number of aliphatic carboxylic acids is 1. The molecule has 4 aromatic carbocycles. The van der Waals surface area contributed by atoms with Crippen LogP contribution in [0.4, 0.5) is 26.3 Å². The van der Waals surface area contributed by atoms with Gasteiger partial charge in [0, 0.05) is 35.0 Å². The first-order chi connectivity index (χ1) is 32.8. The molecule has 3 aliphatic heterocycles. The molecule has 69 heavy (non-hydrogen) atoms. The fourth-order valence-corrected chi connectivity index (χ4v) is 12.0. The summed E-state index contributed by atoms with van der Waals surface area (Å²) < 4.78 is 91.9. The van der Waals surface area contributed by atoms with Crippen molar-refractivity contribution in [2.45, 2.75) is 82.0 Å². The van der Waals surface area contributed by atoms with Crippen LogP contribution in [-0.4, -0.2) is 76.7 Å². The third-order valence-electron chi connectivity index (χ3n) is 11.3. The molecule has 19 heteroatoms. The van der Waals surface area contributed by atoms with Gasteiger partial charge in [0.2, 0.25) is 5.91 Å². The fraction of sp³-hybridized carbons (Fsp3) is 0.300. The molecule has 0 saturated carbocycles. The number of H-pyrrole nitrogens is 1. The van der Waals surface area contributed by atoms with Gasteiger partial charge in [-0.2, -0.15) is 0 Å². The molecule has 12 nitrogen and oxygen atoms in total. The van der Waals surface area contributed by atoms with Crippen molar-refractivity contribution in [2.75, 3.05) is 6.54 Å². The number of carboxylic acids is 1. The van der Waals surface area contributed by atoms with Crippen molar-refractivity contribution >= 4 is 60.7 Å². The van der Waals surface area contributed by atoms with Gasteiger partial charge in [-0.25, -0.2) is 4.79 Å². The number of fused-ring (bicyclic) bond motifs is 17. The summed E-state index contributed by atoms with van der Waals surface area (Å²) in [6.07, 6.45) is -11.0. The van der Waals surface area contributed by atoms with Gasteiger partial charge in [-0.3, -0.25) is 9.59 Å². The van der Waals surface area contributed by atoms with E-state index in [1.54, 1.807) is 48.5 Å². The van der Waals surface area contributed by atoms with Gasteiger partial charge in [0.25, 0.3) is 5.91 Å². The zero-order chi connectivity index (χ0) is 49.7. The van der Waals surface area contributed by atoms with Crippen LogP contribution in [0.25, 0.3) is 10.9 Å². The summed E-state index contributed by atoms with van der Waals surface area (Å²) in [5.74, 6) is 4.60. The van der Waals surface area contributed by atoms with Gasteiger partial charge in [-0.15, -0.1) is 0 Å². The van der Waals surface area contributed by atoms with E-state index in [0.29, 0.717) is 46.1 Å². The van der Waals surface area contributed by atoms with Crippen LogP contribution in [-0.2, 0) is 29.5 Å². The Morgan fingerprint density at radius 1 is 0.870 bits per heavy atom. The fourth-order valence-electron chi connectivity index (χ4n) is 7.82. The molecule has 5 aromatic rings. The molecular formula is C50H44F6IN5O7. The Morgan fingerprint density at radius 3 is 2.23 bits per heavy atom. The monoisotopic (exact) mass is 1070 g/mol. The number of rotatable bonds is 5. The topological polar surface area (TPSA) is 179 Å². The number of benzene rings is 4. The smallest absolute Gasteiger partial charge is 0.480 e. The van der Waals surface area contributed by atoms with Crippen molar-refractivity contribution in [3.63, 3.8) is 0 Å². The number of hydrogen-bond acceptors (Lipinski definition) is 6. The number of carboxylic acid groups (broad SMARTS) is 1. The van der Waals surface area contributed by atoms with E-state index in [1.807, 2.05) is 13.8 Å². The normalized spacial score (nSPS) is 19.5. The molecule has 0 fully saturated rings. The third kappa shape index (κ3) is 11.2. The van der Waals surface area contributed by atoms with Crippen LogP contribution in [0.3, 0.4) is 0 Å². The second-order valence-electron chi connectivity index (χ2n) is 16.7. The predicted molar refractivity (Wildman–Crippen MR) is 250 cm³/mol. The summed E-state index contributed by atoms with van der Waals surface area (Å²) in [6.45, 7) is 3.82. The molecule has 360 valence electrons. The van der Waals surface area contributed by atoms with Crippen molar-refractivity contribution in [1.82, 2.24) is 26.3 Å². The number of aromatic amines is 1. The molecule has 0 spiro atoms. The summed E-state index contributed by atoms with van der Waals surface area (Å²) in [6, 6.07) is 19.4. The number of halogens is 7. The Hall–Kier alpha value is -6.84. The molecule has 4 heterocycles. The molecule has 2 bridgehead atoms. The number of aromatic nitrogens is 1. The zero-order valence-corrected chi connectivity index (χ0v) is 39.0. The minimum Gasteiger partial charge on any atom is -0.480 e. The van der Waals surface area contributed by atoms with Crippen molar-refractivity contribution in [3.8, 4) is 21.7 Å². The Labute approximate surface area is 399 Å². The first-order valence-corrected chi connectivity index (χ1v) is 24.7. The second kappa shape index (κ2) is 20.8. The van der Waals surface area contributed by atoms with Crippen LogP contribution < -0.4 is 21.3 Å². The van der Waals surface area contributed by atoms with Gasteiger partial charge in [0.15, 0.2) is 0 Å². The molecule has 0 saturated heterocycles. The molecule has 3 aliphatic rings. The average molecular weight is 1070 g/mol. The molecule has 0 aliphatic carbocycles. The van der Waals surface area contributed by atoms with Crippen molar-refractivity contribution in [2.24, 2.45) is 5.92 Å². The van der Waals surface area contributed by atoms with E-state index in [2.05, 4.69) is 47.9 Å². The van der Waals surface area contributed by atoms with Crippen molar-refractivity contribution < 1.29 is 58.5 Å². The maximum absolute atomic E-state index is 14.1.